The molecule has 1 aromatic rings. The van der Waals surface area contributed by atoms with Gasteiger partial charge in [0, 0.05) is 45.0 Å². The van der Waals surface area contributed by atoms with Gasteiger partial charge in [-0.1, -0.05) is 0 Å². The topological polar surface area (TPSA) is 64.1 Å². The molecule has 0 spiro atoms. The molecule has 2 saturated heterocycles. The Kier molecular flexibility index (Phi) is 8.78. The van der Waals surface area contributed by atoms with Crippen LogP contribution < -0.4 is 4.90 Å². The van der Waals surface area contributed by atoms with Gasteiger partial charge in [0.2, 0.25) is 5.91 Å². The summed E-state index contributed by atoms with van der Waals surface area (Å²) in [5.74, 6) is -1.49. The molecule has 0 aliphatic carbocycles. The first kappa shape index (κ1) is 23.5. The molecule has 2 unspecified atom stereocenters. The molecule has 1 N–H and O–H groups in total. The Bertz CT molecular complexity index is 639. The minimum atomic E-state index is -0.823. The van der Waals surface area contributed by atoms with E-state index in [-0.39, 0.29) is 42.6 Å². The summed E-state index contributed by atoms with van der Waals surface area (Å²) in [6.07, 6.45) is 0.534. The lowest BCUT2D eigenvalue weighted by molar-refractivity contribution is -0.141. The fourth-order valence-corrected chi connectivity index (χ4v) is 3.60. The standard InChI is InChI=1S/C18H24FN3O3.2ClH/c1-13(17(23)22-7-6-14(12-22)18(24)25)20-8-10-21(11-9-20)16-4-2-15(19)3-5-16;;/h2-5,13-14H,6-12H2,1H3,(H,24,25);2*1H. The Morgan fingerprint density at radius 1 is 1.07 bits per heavy atom. The fraction of sp³-hybridized carbons (Fsp3) is 0.556. The molecule has 0 saturated carbocycles. The SMILES string of the molecule is CC(C(=O)N1CCC(C(=O)O)C1)N1CCN(c2ccc(F)cc2)CC1.Cl.Cl. The van der Waals surface area contributed by atoms with Crippen LogP contribution in [0.2, 0.25) is 0 Å². The van der Waals surface area contributed by atoms with Crippen LogP contribution in [0, 0.1) is 11.7 Å². The van der Waals surface area contributed by atoms with Crippen LogP contribution in [-0.2, 0) is 9.59 Å². The number of benzene rings is 1. The van der Waals surface area contributed by atoms with Crippen molar-refractivity contribution < 1.29 is 19.1 Å². The zero-order valence-electron chi connectivity index (χ0n) is 15.2. The summed E-state index contributed by atoms with van der Waals surface area (Å²) < 4.78 is 13.0. The monoisotopic (exact) mass is 421 g/mol. The number of nitrogens with zero attached hydrogens (tertiary/aromatic N) is 3. The van der Waals surface area contributed by atoms with Crippen molar-refractivity contribution in [3.8, 4) is 0 Å². The Morgan fingerprint density at radius 3 is 2.19 bits per heavy atom. The van der Waals surface area contributed by atoms with Crippen molar-refractivity contribution in [1.29, 1.82) is 0 Å². The van der Waals surface area contributed by atoms with Gasteiger partial charge >= 0.3 is 5.97 Å². The number of carboxylic acid groups (broad SMARTS) is 1. The highest BCUT2D eigenvalue weighted by Gasteiger charge is 2.35. The molecular formula is C18H26Cl2FN3O3. The number of rotatable bonds is 4. The summed E-state index contributed by atoms with van der Waals surface area (Å²) in [7, 11) is 0. The number of piperazine rings is 1. The molecule has 0 aromatic heterocycles. The molecule has 0 radical (unpaired) electrons. The van der Waals surface area contributed by atoms with Crippen LogP contribution in [-0.4, -0.2) is 72.1 Å². The van der Waals surface area contributed by atoms with E-state index in [1.54, 1.807) is 17.0 Å². The highest BCUT2D eigenvalue weighted by Crippen LogP contribution is 2.21. The van der Waals surface area contributed by atoms with E-state index in [9.17, 15) is 14.0 Å². The second kappa shape index (κ2) is 10.1. The molecule has 2 aliphatic rings. The summed E-state index contributed by atoms with van der Waals surface area (Å²) in [5.41, 5.74) is 0.990. The van der Waals surface area contributed by atoms with Gasteiger partial charge in [0.15, 0.2) is 0 Å². The van der Waals surface area contributed by atoms with Gasteiger partial charge < -0.3 is 14.9 Å². The number of carbonyl (C=O) groups is 2. The molecule has 1 amide bonds. The Labute approximate surface area is 171 Å². The zero-order chi connectivity index (χ0) is 18.0. The van der Waals surface area contributed by atoms with Crippen LogP contribution >= 0.6 is 24.8 Å². The van der Waals surface area contributed by atoms with Gasteiger partial charge in [0.1, 0.15) is 5.82 Å². The Morgan fingerprint density at radius 2 is 1.67 bits per heavy atom. The summed E-state index contributed by atoms with van der Waals surface area (Å²) in [6, 6.07) is 6.22. The lowest BCUT2D eigenvalue weighted by Gasteiger charge is -2.39. The summed E-state index contributed by atoms with van der Waals surface area (Å²) in [5, 5.41) is 9.08. The smallest absolute Gasteiger partial charge is 0.308 e. The average molecular weight is 422 g/mol. The van der Waals surface area contributed by atoms with Gasteiger partial charge in [-0.15, -0.1) is 24.8 Å². The number of carboxylic acids is 1. The van der Waals surface area contributed by atoms with E-state index in [1.807, 2.05) is 6.92 Å². The third-order valence-electron chi connectivity index (χ3n) is 5.26. The molecule has 9 heteroatoms. The predicted octanol–water partition coefficient (Wildman–Crippen LogP) is 2.11. The van der Waals surface area contributed by atoms with Crippen molar-refractivity contribution >= 4 is 42.4 Å². The number of anilines is 1. The van der Waals surface area contributed by atoms with E-state index in [0.717, 1.165) is 31.9 Å². The van der Waals surface area contributed by atoms with E-state index in [0.29, 0.717) is 19.5 Å². The van der Waals surface area contributed by atoms with E-state index in [1.165, 1.54) is 12.1 Å². The number of hydrogen-bond acceptors (Lipinski definition) is 4. The van der Waals surface area contributed by atoms with Gasteiger partial charge in [-0.25, -0.2) is 4.39 Å². The fourth-order valence-electron chi connectivity index (χ4n) is 3.60. The highest BCUT2D eigenvalue weighted by molar-refractivity contribution is 5.85. The number of amides is 1. The molecule has 0 bridgehead atoms. The van der Waals surface area contributed by atoms with Crippen LogP contribution in [0.25, 0.3) is 0 Å². The second-order valence-corrected chi connectivity index (χ2v) is 6.78. The molecule has 6 nitrogen and oxygen atoms in total. The predicted molar refractivity (Wildman–Crippen MR) is 106 cm³/mol. The van der Waals surface area contributed by atoms with Crippen molar-refractivity contribution in [2.24, 2.45) is 5.92 Å². The minimum Gasteiger partial charge on any atom is -0.481 e. The summed E-state index contributed by atoms with van der Waals surface area (Å²) in [6.45, 7) is 5.79. The van der Waals surface area contributed by atoms with Crippen molar-refractivity contribution in [3.63, 3.8) is 0 Å². The number of hydrogen-bond donors (Lipinski definition) is 1. The lowest BCUT2D eigenvalue weighted by atomic mass is 10.1. The first-order valence-corrected chi connectivity index (χ1v) is 8.72. The van der Waals surface area contributed by atoms with Crippen molar-refractivity contribution in [2.75, 3.05) is 44.2 Å². The number of aliphatic carboxylic acids is 1. The second-order valence-electron chi connectivity index (χ2n) is 6.78. The highest BCUT2D eigenvalue weighted by atomic mass is 35.5. The van der Waals surface area contributed by atoms with E-state index in [2.05, 4.69) is 9.80 Å². The molecule has 1 aromatic carbocycles. The molecular weight excluding hydrogens is 396 g/mol. The van der Waals surface area contributed by atoms with Crippen LogP contribution in [0.5, 0.6) is 0 Å². The van der Waals surface area contributed by atoms with Gasteiger partial charge in [-0.05, 0) is 37.6 Å². The van der Waals surface area contributed by atoms with Crippen molar-refractivity contribution in [3.05, 3.63) is 30.1 Å². The van der Waals surface area contributed by atoms with Crippen LogP contribution in [0.1, 0.15) is 13.3 Å². The molecule has 2 heterocycles. The molecule has 2 aliphatic heterocycles. The molecule has 3 rings (SSSR count). The van der Waals surface area contributed by atoms with Crippen LogP contribution in [0.15, 0.2) is 24.3 Å². The van der Waals surface area contributed by atoms with Gasteiger partial charge in [0.25, 0.3) is 0 Å². The number of halogens is 3. The normalized spacial score (nSPS) is 21.2. The van der Waals surface area contributed by atoms with E-state index >= 15 is 0 Å². The number of likely N-dealkylation sites (tertiary alicyclic amines) is 1. The largest absolute Gasteiger partial charge is 0.481 e. The maximum absolute atomic E-state index is 13.0. The Hall–Kier alpha value is -1.57. The van der Waals surface area contributed by atoms with Gasteiger partial charge in [-0.3, -0.25) is 14.5 Å². The first-order valence-electron chi connectivity index (χ1n) is 8.72. The van der Waals surface area contributed by atoms with Crippen molar-refractivity contribution in [2.45, 2.75) is 19.4 Å². The molecule has 152 valence electrons. The summed E-state index contributed by atoms with van der Waals surface area (Å²) in [4.78, 5) is 29.7. The maximum atomic E-state index is 13.0. The number of carbonyl (C=O) groups excluding carboxylic acids is 1. The zero-order valence-corrected chi connectivity index (χ0v) is 16.8. The quantitative estimate of drug-likeness (QED) is 0.806. The minimum absolute atomic E-state index is 0. The van der Waals surface area contributed by atoms with E-state index < -0.39 is 11.9 Å². The first-order chi connectivity index (χ1) is 12.0. The third-order valence-corrected chi connectivity index (χ3v) is 5.26. The third kappa shape index (κ3) is 5.46. The Balaban J connectivity index is 0.00000182. The van der Waals surface area contributed by atoms with Crippen molar-refractivity contribution in [1.82, 2.24) is 9.80 Å². The molecule has 2 fully saturated rings. The van der Waals surface area contributed by atoms with Crippen LogP contribution in [0.4, 0.5) is 10.1 Å². The van der Waals surface area contributed by atoms with E-state index in [4.69, 9.17) is 5.11 Å². The average Bonchev–Trinajstić information content (AvgIpc) is 3.12. The lowest BCUT2D eigenvalue weighted by Crippen LogP contribution is -2.54. The van der Waals surface area contributed by atoms with Crippen LogP contribution in [0.3, 0.4) is 0 Å². The summed E-state index contributed by atoms with van der Waals surface area (Å²) >= 11 is 0. The van der Waals surface area contributed by atoms with Gasteiger partial charge in [-0.2, -0.15) is 0 Å². The molecule has 2 atom stereocenters. The molecule has 27 heavy (non-hydrogen) atoms. The maximum Gasteiger partial charge on any atom is 0.308 e. The van der Waals surface area contributed by atoms with Gasteiger partial charge in [0.05, 0.1) is 12.0 Å².